The number of ether oxygens (including phenoxy) is 3. The number of benzene rings is 2. The number of allylic oxidation sites excluding steroid dienone is 1. The van der Waals surface area contributed by atoms with Crippen molar-refractivity contribution in [2.45, 2.75) is 6.61 Å². The highest BCUT2D eigenvalue weighted by Gasteiger charge is 2.13. The van der Waals surface area contributed by atoms with Crippen LogP contribution in [0.1, 0.15) is 15.9 Å². The molecule has 0 atom stereocenters. The van der Waals surface area contributed by atoms with Crippen LogP contribution in [0.25, 0.3) is 6.08 Å². The lowest BCUT2D eigenvalue weighted by Crippen LogP contribution is -2.03. The van der Waals surface area contributed by atoms with Gasteiger partial charge in [-0.05, 0) is 48.6 Å². The Morgan fingerprint density at radius 2 is 1.80 bits per heavy atom. The van der Waals surface area contributed by atoms with Gasteiger partial charge in [0.2, 0.25) is 0 Å². The number of alkyl halides is 2. The molecule has 0 radical (unpaired) electrons. The van der Waals surface area contributed by atoms with E-state index in [0.29, 0.717) is 27.1 Å². The topological polar surface area (TPSA) is 44.8 Å². The molecule has 132 valence electrons. The van der Waals surface area contributed by atoms with Gasteiger partial charge in [0.05, 0.1) is 19.8 Å². The van der Waals surface area contributed by atoms with Crippen molar-refractivity contribution in [2.24, 2.45) is 0 Å². The molecule has 0 spiro atoms. The predicted octanol–water partition coefficient (Wildman–Crippen LogP) is 4.96. The van der Waals surface area contributed by atoms with Crippen LogP contribution < -0.4 is 14.2 Å². The Labute approximate surface area is 152 Å². The minimum atomic E-state index is -2.96. The van der Waals surface area contributed by atoms with Crippen LogP contribution in [-0.4, -0.2) is 26.6 Å². The van der Waals surface area contributed by atoms with Gasteiger partial charge >= 0.3 is 6.61 Å². The zero-order valence-corrected chi connectivity index (χ0v) is 15.0. The second-order valence-electron chi connectivity index (χ2n) is 4.82. The highest BCUT2D eigenvalue weighted by molar-refractivity contribution is 9.10. The van der Waals surface area contributed by atoms with Crippen molar-refractivity contribution in [3.8, 4) is 17.2 Å². The maximum absolute atomic E-state index is 12.5. The summed E-state index contributed by atoms with van der Waals surface area (Å²) in [6.45, 7) is -2.96. The number of hydrogen-bond donors (Lipinski definition) is 0. The zero-order chi connectivity index (χ0) is 18.4. The Bertz CT molecular complexity index is 791. The van der Waals surface area contributed by atoms with Crippen LogP contribution in [0.5, 0.6) is 17.2 Å². The number of ketones is 1. The van der Waals surface area contributed by atoms with Gasteiger partial charge in [0.25, 0.3) is 0 Å². The minimum absolute atomic E-state index is 0.0279. The van der Waals surface area contributed by atoms with Crippen LogP contribution in [0.4, 0.5) is 8.78 Å². The normalized spacial score (nSPS) is 11.0. The Hall–Kier alpha value is -2.41. The Kier molecular flexibility index (Phi) is 6.52. The van der Waals surface area contributed by atoms with E-state index < -0.39 is 6.61 Å². The fraction of sp³-hybridized carbons (Fsp3) is 0.167. The molecule has 2 rings (SSSR count). The summed E-state index contributed by atoms with van der Waals surface area (Å²) in [5.41, 5.74) is 0.634. The molecule has 0 unspecified atom stereocenters. The van der Waals surface area contributed by atoms with E-state index in [9.17, 15) is 13.6 Å². The van der Waals surface area contributed by atoms with Crippen LogP contribution in [0.15, 0.2) is 46.9 Å². The third-order valence-corrected chi connectivity index (χ3v) is 3.77. The maximum Gasteiger partial charge on any atom is 0.387 e. The first-order chi connectivity index (χ1) is 11.9. The van der Waals surface area contributed by atoms with Crippen LogP contribution >= 0.6 is 15.9 Å². The van der Waals surface area contributed by atoms with Crippen molar-refractivity contribution in [2.75, 3.05) is 14.2 Å². The molecule has 2 aromatic rings. The van der Waals surface area contributed by atoms with Gasteiger partial charge < -0.3 is 14.2 Å². The minimum Gasteiger partial charge on any atom is -0.497 e. The first kappa shape index (κ1) is 18.9. The van der Waals surface area contributed by atoms with Crippen molar-refractivity contribution < 1.29 is 27.8 Å². The third kappa shape index (κ3) is 5.03. The van der Waals surface area contributed by atoms with E-state index in [1.165, 1.54) is 32.4 Å². The standard InChI is InChI=1S/C18H15BrF2O4/c1-23-13-5-8-17(24-2)14(10-13)15(22)6-3-11-9-12(19)4-7-16(11)25-18(20)21/h3-10,18H,1-2H3/b6-3+. The average molecular weight is 413 g/mol. The monoisotopic (exact) mass is 412 g/mol. The molecule has 0 aromatic heterocycles. The van der Waals surface area contributed by atoms with Gasteiger partial charge in [0.1, 0.15) is 17.2 Å². The molecule has 4 nitrogen and oxygen atoms in total. The lowest BCUT2D eigenvalue weighted by Gasteiger charge is -2.09. The van der Waals surface area contributed by atoms with Crippen LogP contribution in [0.2, 0.25) is 0 Å². The molecule has 0 bridgehead atoms. The molecule has 0 N–H and O–H groups in total. The SMILES string of the molecule is COc1ccc(OC)c(C(=O)/C=C/c2cc(Br)ccc2OC(F)F)c1. The molecule has 7 heteroatoms. The third-order valence-electron chi connectivity index (χ3n) is 3.27. The van der Waals surface area contributed by atoms with Crippen molar-refractivity contribution >= 4 is 27.8 Å². The van der Waals surface area contributed by atoms with Crippen LogP contribution in [0, 0.1) is 0 Å². The molecule has 0 aliphatic carbocycles. The largest absolute Gasteiger partial charge is 0.497 e. The number of hydrogen-bond acceptors (Lipinski definition) is 4. The van der Waals surface area contributed by atoms with Gasteiger partial charge in [-0.25, -0.2) is 0 Å². The second kappa shape index (κ2) is 8.62. The number of rotatable bonds is 7. The molecule has 0 heterocycles. The Morgan fingerprint density at radius 3 is 2.44 bits per heavy atom. The molecule has 0 saturated carbocycles. The average Bonchev–Trinajstić information content (AvgIpc) is 2.60. The molecule has 25 heavy (non-hydrogen) atoms. The summed E-state index contributed by atoms with van der Waals surface area (Å²) in [7, 11) is 2.94. The molecule has 2 aromatic carbocycles. The van der Waals surface area contributed by atoms with E-state index in [1.54, 1.807) is 30.3 Å². The number of carbonyl (C=O) groups excluding carboxylic acids is 1. The van der Waals surface area contributed by atoms with E-state index in [4.69, 9.17) is 9.47 Å². The first-order valence-corrected chi connectivity index (χ1v) is 7.92. The number of halogens is 3. The zero-order valence-electron chi connectivity index (χ0n) is 13.5. The molecule has 0 saturated heterocycles. The second-order valence-corrected chi connectivity index (χ2v) is 5.74. The van der Waals surface area contributed by atoms with Crippen molar-refractivity contribution in [1.29, 1.82) is 0 Å². The summed E-state index contributed by atoms with van der Waals surface area (Å²) < 4.78 is 40.4. The van der Waals surface area contributed by atoms with Crippen LogP contribution in [-0.2, 0) is 0 Å². The van der Waals surface area contributed by atoms with E-state index >= 15 is 0 Å². The number of methoxy groups -OCH3 is 2. The predicted molar refractivity (Wildman–Crippen MR) is 93.7 cm³/mol. The Morgan fingerprint density at radius 1 is 1.08 bits per heavy atom. The van der Waals surface area contributed by atoms with E-state index in [0.717, 1.165) is 0 Å². The maximum atomic E-state index is 12.5. The first-order valence-electron chi connectivity index (χ1n) is 7.13. The van der Waals surface area contributed by atoms with Crippen molar-refractivity contribution in [3.63, 3.8) is 0 Å². The summed E-state index contributed by atoms with van der Waals surface area (Å²) in [6, 6.07) is 9.37. The van der Waals surface area contributed by atoms with E-state index in [2.05, 4.69) is 20.7 Å². The summed E-state index contributed by atoms with van der Waals surface area (Å²) in [5.74, 6) is 0.494. The van der Waals surface area contributed by atoms with Crippen molar-refractivity contribution in [1.82, 2.24) is 0 Å². The highest BCUT2D eigenvalue weighted by atomic mass is 79.9. The molecular formula is C18H15BrF2O4. The van der Waals surface area contributed by atoms with E-state index in [-0.39, 0.29) is 11.5 Å². The lowest BCUT2D eigenvalue weighted by atomic mass is 10.1. The van der Waals surface area contributed by atoms with Gasteiger partial charge in [0, 0.05) is 10.0 Å². The molecule has 0 fully saturated rings. The van der Waals surface area contributed by atoms with Gasteiger partial charge in [-0.1, -0.05) is 15.9 Å². The Balaban J connectivity index is 2.33. The summed E-state index contributed by atoms with van der Waals surface area (Å²) >= 11 is 3.26. The van der Waals surface area contributed by atoms with Gasteiger partial charge in [-0.2, -0.15) is 8.78 Å². The summed E-state index contributed by atoms with van der Waals surface area (Å²) in [6.07, 6.45) is 2.67. The molecular weight excluding hydrogens is 398 g/mol. The molecule has 0 aliphatic heterocycles. The fourth-order valence-electron chi connectivity index (χ4n) is 2.11. The smallest absolute Gasteiger partial charge is 0.387 e. The van der Waals surface area contributed by atoms with Gasteiger partial charge in [0.15, 0.2) is 5.78 Å². The lowest BCUT2D eigenvalue weighted by molar-refractivity contribution is -0.0499. The summed E-state index contributed by atoms with van der Waals surface area (Å²) in [5, 5.41) is 0. The summed E-state index contributed by atoms with van der Waals surface area (Å²) in [4.78, 5) is 12.5. The molecule has 0 amide bonds. The van der Waals surface area contributed by atoms with Gasteiger partial charge in [-0.15, -0.1) is 0 Å². The molecule has 0 aliphatic rings. The quantitative estimate of drug-likeness (QED) is 0.475. The fourth-order valence-corrected chi connectivity index (χ4v) is 2.49. The van der Waals surface area contributed by atoms with E-state index in [1.807, 2.05) is 0 Å². The van der Waals surface area contributed by atoms with Crippen LogP contribution in [0.3, 0.4) is 0 Å². The number of carbonyl (C=O) groups is 1. The highest BCUT2D eigenvalue weighted by Crippen LogP contribution is 2.28. The van der Waals surface area contributed by atoms with Crippen molar-refractivity contribution in [3.05, 3.63) is 58.1 Å². The van der Waals surface area contributed by atoms with Gasteiger partial charge in [-0.3, -0.25) is 4.79 Å².